The van der Waals surface area contributed by atoms with Crippen molar-refractivity contribution in [3.63, 3.8) is 0 Å². The molecule has 200 valence electrons. The number of aryl methyl sites for hydroxylation is 1. The summed E-state index contributed by atoms with van der Waals surface area (Å²) in [5, 5.41) is 10.2. The van der Waals surface area contributed by atoms with Gasteiger partial charge in [0.1, 0.15) is 5.75 Å². The Kier molecular flexibility index (Phi) is 10.1. The number of ether oxygens (including phenoxy) is 2. The summed E-state index contributed by atoms with van der Waals surface area (Å²) >= 11 is 7.08. The number of aromatic nitrogens is 1. The highest BCUT2D eigenvalue weighted by Crippen LogP contribution is 2.32. The van der Waals surface area contributed by atoms with Gasteiger partial charge in [-0.2, -0.15) is 5.10 Å². The number of hydrogen-bond donors (Lipinski definition) is 2. The minimum absolute atomic E-state index is 0.182. The molecule has 0 bridgehead atoms. The molecule has 1 amide bonds. The third kappa shape index (κ3) is 8.10. The van der Waals surface area contributed by atoms with Gasteiger partial charge in [-0.1, -0.05) is 29.8 Å². The number of anilines is 2. The van der Waals surface area contributed by atoms with Crippen LogP contribution >= 0.6 is 49.9 Å². The highest BCUT2D eigenvalue weighted by molar-refractivity contribution is 14.1. The number of carbonyl (C=O) groups excluding carboxylic acids is 2. The number of benzene rings is 3. The number of nitrogens with one attached hydrogen (secondary N) is 2. The van der Waals surface area contributed by atoms with Crippen LogP contribution in [0.5, 0.6) is 5.75 Å². The molecular weight excluding hydrogens is 695 g/mol. The summed E-state index contributed by atoms with van der Waals surface area (Å²) in [6.07, 6.45) is 1.53. The van der Waals surface area contributed by atoms with Crippen LogP contribution in [-0.4, -0.2) is 36.3 Å². The van der Waals surface area contributed by atoms with Gasteiger partial charge in [-0.15, -0.1) is 11.3 Å². The van der Waals surface area contributed by atoms with E-state index in [4.69, 9.17) is 9.47 Å². The summed E-state index contributed by atoms with van der Waals surface area (Å²) in [5.41, 5.74) is 7.68. The van der Waals surface area contributed by atoms with Crippen molar-refractivity contribution in [2.75, 3.05) is 18.5 Å². The Labute approximate surface area is 252 Å². The van der Waals surface area contributed by atoms with Crippen LogP contribution in [0.3, 0.4) is 0 Å². The first-order valence-electron chi connectivity index (χ1n) is 11.8. The second-order valence-electron chi connectivity index (χ2n) is 8.21. The molecule has 0 aliphatic rings. The summed E-state index contributed by atoms with van der Waals surface area (Å²) in [6, 6.07) is 18.9. The molecule has 0 radical (unpaired) electrons. The first-order valence-corrected chi connectivity index (χ1v) is 14.6. The fourth-order valence-corrected chi connectivity index (χ4v) is 5.88. The van der Waals surface area contributed by atoms with Crippen LogP contribution in [0.4, 0.5) is 10.8 Å². The molecule has 8 nitrogen and oxygen atoms in total. The van der Waals surface area contributed by atoms with E-state index in [1.165, 1.54) is 23.1 Å². The minimum Gasteiger partial charge on any atom is -0.480 e. The monoisotopic (exact) mass is 718 g/mol. The Morgan fingerprint density at radius 1 is 1.13 bits per heavy atom. The van der Waals surface area contributed by atoms with Gasteiger partial charge >= 0.3 is 5.97 Å². The molecule has 0 atom stereocenters. The Morgan fingerprint density at radius 2 is 1.87 bits per heavy atom. The van der Waals surface area contributed by atoms with Crippen LogP contribution in [0, 0.1) is 10.5 Å². The molecule has 4 aromatic rings. The molecular formula is C28H24BrIN4O4S. The quantitative estimate of drug-likeness (QED) is 0.0798. The summed E-state index contributed by atoms with van der Waals surface area (Å²) in [4.78, 5) is 28.8. The topological polar surface area (TPSA) is 102 Å². The van der Waals surface area contributed by atoms with Crippen molar-refractivity contribution in [1.29, 1.82) is 0 Å². The van der Waals surface area contributed by atoms with E-state index in [9.17, 15) is 9.59 Å². The van der Waals surface area contributed by atoms with Crippen molar-refractivity contribution in [2.24, 2.45) is 5.10 Å². The van der Waals surface area contributed by atoms with Crippen molar-refractivity contribution in [2.45, 2.75) is 13.8 Å². The van der Waals surface area contributed by atoms with Crippen LogP contribution in [0.25, 0.3) is 11.3 Å². The van der Waals surface area contributed by atoms with Crippen LogP contribution in [0.2, 0.25) is 0 Å². The molecule has 39 heavy (non-hydrogen) atoms. The molecule has 0 unspecified atom stereocenters. The van der Waals surface area contributed by atoms with Crippen molar-refractivity contribution >= 4 is 78.8 Å². The molecule has 0 saturated carbocycles. The number of hydrazone groups is 1. The Morgan fingerprint density at radius 3 is 2.56 bits per heavy atom. The first kappa shape index (κ1) is 28.7. The van der Waals surface area contributed by atoms with Gasteiger partial charge in [0.2, 0.25) is 0 Å². The van der Waals surface area contributed by atoms with Crippen molar-refractivity contribution in [3.8, 4) is 17.0 Å². The van der Waals surface area contributed by atoms with Crippen LogP contribution in [0.1, 0.15) is 28.4 Å². The number of halogens is 2. The maximum Gasteiger partial charge on any atom is 0.344 e. The summed E-state index contributed by atoms with van der Waals surface area (Å²) < 4.78 is 11.9. The lowest BCUT2D eigenvalue weighted by Gasteiger charge is -2.10. The predicted octanol–water partition coefficient (Wildman–Crippen LogP) is 6.94. The number of hydrogen-bond acceptors (Lipinski definition) is 8. The van der Waals surface area contributed by atoms with E-state index in [-0.39, 0.29) is 12.5 Å². The summed E-state index contributed by atoms with van der Waals surface area (Å²) in [5.74, 6) is -0.239. The van der Waals surface area contributed by atoms with Gasteiger partial charge in [0.25, 0.3) is 5.91 Å². The lowest BCUT2D eigenvalue weighted by molar-refractivity contribution is -0.145. The molecule has 1 aromatic heterocycles. The SMILES string of the molecule is CCOC(=O)COc1c(Br)cc(/C=N\NC(=O)c2ccc(-c3csc(Nc4ccc(C)cc4)n3)cc2)cc1I. The fourth-order valence-electron chi connectivity index (χ4n) is 3.37. The zero-order chi connectivity index (χ0) is 27.8. The van der Waals surface area contributed by atoms with E-state index in [1.54, 1.807) is 25.1 Å². The first-order chi connectivity index (χ1) is 18.8. The maximum atomic E-state index is 12.6. The average molecular weight is 719 g/mol. The highest BCUT2D eigenvalue weighted by atomic mass is 127. The normalized spacial score (nSPS) is 10.9. The lowest BCUT2D eigenvalue weighted by Crippen LogP contribution is -2.17. The van der Waals surface area contributed by atoms with Crippen LogP contribution in [0.15, 0.2) is 75.6 Å². The third-order valence-corrected chi connectivity index (χ3v) is 7.44. The van der Waals surface area contributed by atoms with Crippen molar-refractivity contribution in [3.05, 3.63) is 90.8 Å². The number of carbonyl (C=O) groups is 2. The van der Waals surface area contributed by atoms with E-state index >= 15 is 0 Å². The predicted molar refractivity (Wildman–Crippen MR) is 166 cm³/mol. The number of thiazole rings is 1. The number of amides is 1. The van der Waals surface area contributed by atoms with E-state index in [0.717, 1.165) is 31.2 Å². The maximum absolute atomic E-state index is 12.6. The Bertz CT molecular complexity index is 1470. The fraction of sp³-hybridized carbons (Fsp3) is 0.143. The standard InChI is InChI=1S/C28H24BrIN4O4S/c1-3-37-25(35)15-38-26-22(29)12-18(13-23(26)30)14-31-34-27(36)20-8-6-19(7-9-20)24-16-39-28(33-24)32-21-10-4-17(2)5-11-21/h4-14,16H,3,15H2,1-2H3,(H,32,33)(H,34,36)/b31-14-. The average Bonchev–Trinajstić information content (AvgIpc) is 3.38. The van der Waals surface area contributed by atoms with E-state index < -0.39 is 5.97 Å². The van der Waals surface area contributed by atoms with Crippen LogP contribution in [-0.2, 0) is 9.53 Å². The largest absolute Gasteiger partial charge is 0.480 e. The van der Waals surface area contributed by atoms with Crippen molar-refractivity contribution < 1.29 is 19.1 Å². The van der Waals surface area contributed by atoms with Gasteiger partial charge < -0.3 is 14.8 Å². The summed E-state index contributed by atoms with van der Waals surface area (Å²) in [7, 11) is 0. The van der Waals surface area contributed by atoms with Gasteiger partial charge in [0, 0.05) is 22.2 Å². The van der Waals surface area contributed by atoms with Gasteiger partial charge in [-0.3, -0.25) is 4.79 Å². The minimum atomic E-state index is -0.437. The molecule has 0 aliphatic heterocycles. The molecule has 2 N–H and O–H groups in total. The van der Waals surface area contributed by atoms with E-state index in [1.807, 2.05) is 54.8 Å². The highest BCUT2D eigenvalue weighted by Gasteiger charge is 2.12. The third-order valence-electron chi connectivity index (χ3n) is 5.29. The number of rotatable bonds is 10. The molecule has 3 aromatic carbocycles. The van der Waals surface area contributed by atoms with Gasteiger partial charge in [-0.05, 0) is 94.3 Å². The molecule has 0 saturated heterocycles. The second-order valence-corrected chi connectivity index (χ2v) is 11.1. The molecule has 0 fully saturated rings. The van der Waals surface area contributed by atoms with Crippen LogP contribution < -0.4 is 15.5 Å². The van der Waals surface area contributed by atoms with Crippen molar-refractivity contribution in [1.82, 2.24) is 10.4 Å². The molecule has 11 heteroatoms. The van der Waals surface area contributed by atoms with Gasteiger partial charge in [-0.25, -0.2) is 15.2 Å². The Hall–Kier alpha value is -3.29. The smallest absolute Gasteiger partial charge is 0.344 e. The molecule has 4 rings (SSSR count). The molecule has 0 aliphatic carbocycles. The zero-order valence-electron chi connectivity index (χ0n) is 21.0. The van der Waals surface area contributed by atoms with Gasteiger partial charge in [0.15, 0.2) is 11.7 Å². The van der Waals surface area contributed by atoms with Gasteiger partial charge in [0.05, 0.1) is 26.6 Å². The molecule has 0 spiro atoms. The molecule has 1 heterocycles. The van der Waals surface area contributed by atoms with E-state index in [2.05, 4.69) is 59.3 Å². The lowest BCUT2D eigenvalue weighted by atomic mass is 10.1. The second kappa shape index (κ2) is 13.7. The number of nitrogens with zero attached hydrogens (tertiary/aromatic N) is 2. The zero-order valence-corrected chi connectivity index (χ0v) is 25.6. The Balaban J connectivity index is 1.33. The summed E-state index contributed by atoms with van der Waals surface area (Å²) in [6.45, 7) is 3.90. The van der Waals surface area contributed by atoms with E-state index in [0.29, 0.717) is 22.4 Å². The number of esters is 1.